The fraction of sp³-hybridized carbons (Fsp3) is 0.200. The highest BCUT2D eigenvalue weighted by Crippen LogP contribution is 2.28. The van der Waals surface area contributed by atoms with Gasteiger partial charge < -0.3 is 10.1 Å². The summed E-state index contributed by atoms with van der Waals surface area (Å²) in [5.74, 6) is -1.51. The van der Waals surface area contributed by atoms with Gasteiger partial charge >= 0.3 is 11.5 Å². The van der Waals surface area contributed by atoms with E-state index in [1.54, 1.807) is 0 Å². The molecular weight excluding hydrogens is 372 g/mol. The summed E-state index contributed by atoms with van der Waals surface area (Å²) in [5.41, 5.74) is 0.148. The SMILES string of the molecule is Cc1c([N+](=O)[O-])c([N+](=O)[O-])nn1CC(=O)Nc1ncn(Cc2ccccc2)n1. The summed E-state index contributed by atoms with van der Waals surface area (Å²) in [6, 6.07) is 9.50. The Kier molecular flexibility index (Phi) is 5.06. The number of hydrogen-bond donors (Lipinski definition) is 1. The van der Waals surface area contributed by atoms with Crippen LogP contribution in [0.5, 0.6) is 0 Å². The molecule has 2 aromatic heterocycles. The molecule has 0 radical (unpaired) electrons. The van der Waals surface area contributed by atoms with E-state index in [1.165, 1.54) is 17.9 Å². The molecule has 28 heavy (non-hydrogen) atoms. The lowest BCUT2D eigenvalue weighted by Crippen LogP contribution is -2.21. The maximum Gasteiger partial charge on any atom is 0.468 e. The average Bonchev–Trinajstić information content (AvgIpc) is 3.20. The zero-order chi connectivity index (χ0) is 20.3. The first-order valence-electron chi connectivity index (χ1n) is 7.94. The van der Waals surface area contributed by atoms with E-state index < -0.39 is 33.8 Å². The van der Waals surface area contributed by atoms with Crippen LogP contribution in [0.15, 0.2) is 36.7 Å². The van der Waals surface area contributed by atoms with Crippen molar-refractivity contribution in [2.24, 2.45) is 0 Å². The van der Waals surface area contributed by atoms with Gasteiger partial charge in [0.05, 0.1) is 16.6 Å². The van der Waals surface area contributed by atoms with Crippen LogP contribution in [0, 0.1) is 27.2 Å². The van der Waals surface area contributed by atoms with E-state index >= 15 is 0 Å². The lowest BCUT2D eigenvalue weighted by molar-refractivity contribution is -0.424. The molecule has 0 saturated heterocycles. The molecule has 144 valence electrons. The highest BCUT2D eigenvalue weighted by molar-refractivity contribution is 5.88. The van der Waals surface area contributed by atoms with Gasteiger partial charge in [-0.2, -0.15) is 4.68 Å². The third-order valence-electron chi connectivity index (χ3n) is 3.78. The van der Waals surface area contributed by atoms with Crippen LogP contribution in [0.4, 0.5) is 17.5 Å². The number of carbonyl (C=O) groups is 1. The summed E-state index contributed by atoms with van der Waals surface area (Å²) in [4.78, 5) is 36.2. The first kappa shape index (κ1) is 18.6. The second-order valence-corrected chi connectivity index (χ2v) is 5.73. The molecule has 2 heterocycles. The predicted molar refractivity (Wildman–Crippen MR) is 94.5 cm³/mol. The molecule has 0 aliphatic heterocycles. The van der Waals surface area contributed by atoms with Crippen LogP contribution in [0.2, 0.25) is 0 Å². The number of nitrogens with one attached hydrogen (secondary N) is 1. The smallest absolute Gasteiger partial charge is 0.358 e. The van der Waals surface area contributed by atoms with Crippen LogP contribution < -0.4 is 5.32 Å². The van der Waals surface area contributed by atoms with Crippen LogP contribution in [-0.2, 0) is 17.9 Å². The number of amides is 1. The third kappa shape index (κ3) is 3.98. The Bertz CT molecular complexity index is 1040. The Hall–Kier alpha value is -4.16. The topological polar surface area (TPSA) is 164 Å². The Morgan fingerprint density at radius 3 is 2.46 bits per heavy atom. The fourth-order valence-electron chi connectivity index (χ4n) is 2.51. The molecule has 0 bridgehead atoms. The molecule has 0 aliphatic rings. The number of anilines is 1. The monoisotopic (exact) mass is 386 g/mol. The number of hydrogen-bond acceptors (Lipinski definition) is 8. The normalized spacial score (nSPS) is 10.6. The van der Waals surface area contributed by atoms with Gasteiger partial charge in [0.25, 0.3) is 5.91 Å². The summed E-state index contributed by atoms with van der Waals surface area (Å²) >= 11 is 0. The molecule has 1 aromatic carbocycles. The molecule has 1 amide bonds. The van der Waals surface area contributed by atoms with Crippen molar-refractivity contribution in [3.8, 4) is 0 Å². The van der Waals surface area contributed by atoms with E-state index in [9.17, 15) is 25.0 Å². The molecule has 0 fully saturated rings. The molecule has 0 aliphatic carbocycles. The van der Waals surface area contributed by atoms with Crippen molar-refractivity contribution in [2.75, 3.05) is 5.32 Å². The summed E-state index contributed by atoms with van der Waals surface area (Å²) < 4.78 is 2.42. The lowest BCUT2D eigenvalue weighted by Gasteiger charge is -2.01. The van der Waals surface area contributed by atoms with Gasteiger partial charge in [-0.3, -0.25) is 20.2 Å². The highest BCUT2D eigenvalue weighted by atomic mass is 16.6. The number of nitrogens with zero attached hydrogens (tertiary/aromatic N) is 7. The van der Waals surface area contributed by atoms with Crippen molar-refractivity contribution in [2.45, 2.75) is 20.0 Å². The molecular formula is C15H14N8O5. The van der Waals surface area contributed by atoms with E-state index in [-0.39, 0.29) is 11.6 Å². The Labute approximate surface area is 156 Å². The zero-order valence-corrected chi connectivity index (χ0v) is 14.6. The second kappa shape index (κ2) is 7.61. The van der Waals surface area contributed by atoms with Crippen molar-refractivity contribution < 1.29 is 14.6 Å². The molecule has 0 atom stereocenters. The molecule has 0 spiro atoms. The number of rotatable bonds is 7. The van der Waals surface area contributed by atoms with Crippen molar-refractivity contribution in [1.82, 2.24) is 24.5 Å². The molecule has 0 saturated carbocycles. The Morgan fingerprint density at radius 1 is 1.14 bits per heavy atom. The van der Waals surface area contributed by atoms with E-state index in [1.807, 2.05) is 30.3 Å². The zero-order valence-electron chi connectivity index (χ0n) is 14.6. The van der Waals surface area contributed by atoms with Crippen molar-refractivity contribution in [1.29, 1.82) is 0 Å². The second-order valence-electron chi connectivity index (χ2n) is 5.73. The molecule has 0 unspecified atom stereocenters. The molecule has 3 rings (SSSR count). The standard InChI is InChI=1S/C15H14N8O5/c1-10-13(22(25)26)14(23(27)28)18-21(10)8-12(24)17-15-16-9-20(19-15)7-11-5-3-2-4-6-11/h2-6,9H,7-8H2,1H3,(H,17,19,24). The average molecular weight is 386 g/mol. The van der Waals surface area contributed by atoms with Crippen LogP contribution in [0.1, 0.15) is 11.3 Å². The maximum absolute atomic E-state index is 12.2. The fourth-order valence-corrected chi connectivity index (χ4v) is 2.51. The summed E-state index contributed by atoms with van der Waals surface area (Å²) in [6.45, 7) is 1.27. The third-order valence-corrected chi connectivity index (χ3v) is 3.78. The predicted octanol–water partition coefficient (Wildman–Crippen LogP) is 1.29. The van der Waals surface area contributed by atoms with E-state index in [0.29, 0.717) is 6.54 Å². The Morgan fingerprint density at radius 2 is 1.86 bits per heavy atom. The number of aromatic nitrogens is 5. The molecule has 13 nitrogen and oxygen atoms in total. The first-order chi connectivity index (χ1) is 13.3. The van der Waals surface area contributed by atoms with Gasteiger partial charge in [0.2, 0.25) is 5.95 Å². The minimum Gasteiger partial charge on any atom is -0.358 e. The van der Waals surface area contributed by atoms with Gasteiger partial charge in [-0.25, -0.2) is 9.67 Å². The van der Waals surface area contributed by atoms with Crippen molar-refractivity contribution >= 4 is 23.4 Å². The van der Waals surface area contributed by atoms with Crippen LogP contribution in [-0.4, -0.2) is 40.3 Å². The van der Waals surface area contributed by atoms with E-state index in [2.05, 4.69) is 20.5 Å². The number of nitro groups is 2. The molecule has 1 N–H and O–H groups in total. The summed E-state index contributed by atoms with van der Waals surface area (Å²) in [7, 11) is 0. The van der Waals surface area contributed by atoms with Gasteiger partial charge in [0.15, 0.2) is 0 Å². The van der Waals surface area contributed by atoms with E-state index in [4.69, 9.17) is 0 Å². The highest BCUT2D eigenvalue weighted by Gasteiger charge is 2.35. The molecule has 13 heteroatoms. The lowest BCUT2D eigenvalue weighted by atomic mass is 10.2. The van der Waals surface area contributed by atoms with Crippen LogP contribution in [0.3, 0.4) is 0 Å². The van der Waals surface area contributed by atoms with Gasteiger partial charge in [0, 0.05) is 0 Å². The van der Waals surface area contributed by atoms with Crippen molar-refractivity contribution in [3.63, 3.8) is 0 Å². The summed E-state index contributed by atoms with van der Waals surface area (Å²) in [5, 5.41) is 32.0. The first-order valence-corrected chi connectivity index (χ1v) is 7.94. The molecule has 3 aromatic rings. The number of benzene rings is 1. The van der Waals surface area contributed by atoms with E-state index in [0.717, 1.165) is 10.2 Å². The maximum atomic E-state index is 12.2. The van der Waals surface area contributed by atoms with Crippen LogP contribution in [0.25, 0.3) is 0 Å². The van der Waals surface area contributed by atoms with Crippen molar-refractivity contribution in [3.05, 3.63) is 68.1 Å². The minimum atomic E-state index is -0.966. The number of carbonyl (C=O) groups excluding carboxylic acids is 1. The quantitative estimate of drug-likeness (QED) is 0.468. The summed E-state index contributed by atoms with van der Waals surface area (Å²) in [6.07, 6.45) is 1.44. The van der Waals surface area contributed by atoms with Gasteiger partial charge in [0.1, 0.15) is 18.6 Å². The Balaban J connectivity index is 1.69. The largest absolute Gasteiger partial charge is 0.468 e. The van der Waals surface area contributed by atoms with Crippen LogP contribution >= 0.6 is 0 Å². The van der Waals surface area contributed by atoms with Gasteiger partial charge in [-0.05, 0) is 17.4 Å². The van der Waals surface area contributed by atoms with Gasteiger partial charge in [-0.1, -0.05) is 30.3 Å². The minimum absolute atomic E-state index is 0.0368. The van der Waals surface area contributed by atoms with Gasteiger partial charge in [-0.15, -0.1) is 5.10 Å².